The Morgan fingerprint density at radius 2 is 2.00 bits per heavy atom. The highest BCUT2D eigenvalue weighted by molar-refractivity contribution is 5.89. The minimum Gasteiger partial charge on any atom is -0.467 e. The van der Waals surface area contributed by atoms with Crippen LogP contribution in [0.1, 0.15) is 5.76 Å². The standard InChI is InChI=1S/C13H13N5O/c14-18-13-16-11-6-2-1-5-10(11)12(17-13)15-8-9-4-3-7-19-9/h1-7H,8,14H2,(H2,15,16,17,18). The van der Waals surface area contributed by atoms with Gasteiger partial charge < -0.3 is 9.73 Å². The topological polar surface area (TPSA) is 89.0 Å². The molecule has 0 atom stereocenters. The van der Waals surface area contributed by atoms with Crippen molar-refractivity contribution in [1.82, 2.24) is 9.97 Å². The largest absolute Gasteiger partial charge is 0.467 e. The number of nitrogens with one attached hydrogen (secondary N) is 2. The van der Waals surface area contributed by atoms with Crippen LogP contribution in [0.5, 0.6) is 0 Å². The molecule has 4 N–H and O–H groups in total. The number of furan rings is 1. The van der Waals surface area contributed by atoms with Crippen molar-refractivity contribution in [3.63, 3.8) is 0 Å². The quantitative estimate of drug-likeness (QED) is 0.489. The fraction of sp³-hybridized carbons (Fsp3) is 0.0769. The van der Waals surface area contributed by atoms with Crippen LogP contribution in [-0.2, 0) is 6.54 Å². The number of rotatable bonds is 4. The van der Waals surface area contributed by atoms with E-state index in [-0.39, 0.29) is 0 Å². The number of hydrazine groups is 1. The number of fused-ring (bicyclic) bond motifs is 1. The van der Waals surface area contributed by atoms with Crippen LogP contribution in [0, 0.1) is 0 Å². The number of para-hydroxylation sites is 1. The van der Waals surface area contributed by atoms with Gasteiger partial charge in [0.05, 0.1) is 18.3 Å². The predicted octanol–water partition coefficient (Wildman–Crippen LogP) is 2.12. The molecule has 0 aliphatic heterocycles. The van der Waals surface area contributed by atoms with Gasteiger partial charge in [-0.3, -0.25) is 5.43 Å². The molecular weight excluding hydrogens is 242 g/mol. The van der Waals surface area contributed by atoms with Gasteiger partial charge in [-0.15, -0.1) is 0 Å². The summed E-state index contributed by atoms with van der Waals surface area (Å²) in [5.74, 6) is 7.31. The van der Waals surface area contributed by atoms with E-state index in [1.54, 1.807) is 6.26 Å². The fourth-order valence-electron chi connectivity index (χ4n) is 1.86. The van der Waals surface area contributed by atoms with Crippen molar-refractivity contribution in [1.29, 1.82) is 0 Å². The van der Waals surface area contributed by atoms with Crippen molar-refractivity contribution >= 4 is 22.7 Å². The molecule has 2 heterocycles. The van der Waals surface area contributed by atoms with Crippen molar-refractivity contribution in [3.8, 4) is 0 Å². The van der Waals surface area contributed by atoms with E-state index in [2.05, 4.69) is 20.7 Å². The molecule has 6 heteroatoms. The summed E-state index contributed by atoms with van der Waals surface area (Å²) in [6, 6.07) is 11.5. The molecular formula is C13H13N5O. The lowest BCUT2D eigenvalue weighted by atomic mass is 10.2. The highest BCUT2D eigenvalue weighted by Crippen LogP contribution is 2.22. The van der Waals surface area contributed by atoms with E-state index in [1.165, 1.54) is 0 Å². The average molecular weight is 255 g/mol. The molecule has 19 heavy (non-hydrogen) atoms. The van der Waals surface area contributed by atoms with Crippen molar-refractivity contribution < 1.29 is 4.42 Å². The maximum atomic E-state index is 5.38. The molecule has 96 valence electrons. The third kappa shape index (κ3) is 2.34. The Hall–Kier alpha value is -2.60. The van der Waals surface area contributed by atoms with Gasteiger partial charge in [-0.2, -0.15) is 4.98 Å². The Balaban J connectivity index is 1.96. The summed E-state index contributed by atoms with van der Waals surface area (Å²) in [5, 5.41) is 4.16. The third-order valence-corrected chi connectivity index (χ3v) is 2.74. The lowest BCUT2D eigenvalue weighted by Gasteiger charge is -2.09. The maximum absolute atomic E-state index is 5.38. The molecule has 0 radical (unpaired) electrons. The Labute approximate surface area is 109 Å². The Morgan fingerprint density at radius 1 is 1.11 bits per heavy atom. The number of nitrogens with two attached hydrogens (primary N) is 1. The molecule has 0 fully saturated rings. The molecule has 0 aliphatic carbocycles. The van der Waals surface area contributed by atoms with Crippen LogP contribution in [0.15, 0.2) is 47.1 Å². The lowest BCUT2D eigenvalue weighted by Crippen LogP contribution is -2.12. The van der Waals surface area contributed by atoms with Crippen LogP contribution in [0.25, 0.3) is 10.9 Å². The maximum Gasteiger partial charge on any atom is 0.239 e. The Morgan fingerprint density at radius 3 is 2.79 bits per heavy atom. The summed E-state index contributed by atoms with van der Waals surface area (Å²) in [5.41, 5.74) is 3.29. The first-order chi connectivity index (χ1) is 9.36. The summed E-state index contributed by atoms with van der Waals surface area (Å²) >= 11 is 0. The Kier molecular flexibility index (Phi) is 2.99. The molecule has 0 aliphatic rings. The van der Waals surface area contributed by atoms with E-state index in [9.17, 15) is 0 Å². The predicted molar refractivity (Wildman–Crippen MR) is 73.4 cm³/mol. The zero-order valence-corrected chi connectivity index (χ0v) is 10.1. The molecule has 3 aromatic rings. The van der Waals surface area contributed by atoms with Crippen molar-refractivity contribution in [2.24, 2.45) is 5.84 Å². The zero-order chi connectivity index (χ0) is 13.1. The SMILES string of the molecule is NNc1nc(NCc2ccco2)c2ccccc2n1. The molecule has 1 aromatic carbocycles. The van der Waals surface area contributed by atoms with Crippen LogP contribution < -0.4 is 16.6 Å². The summed E-state index contributed by atoms with van der Waals surface area (Å²) in [4.78, 5) is 8.61. The number of hydrogen-bond donors (Lipinski definition) is 3. The van der Waals surface area contributed by atoms with Crippen molar-refractivity contribution in [2.75, 3.05) is 10.7 Å². The number of hydrogen-bond acceptors (Lipinski definition) is 6. The second-order valence-corrected chi connectivity index (χ2v) is 3.99. The van der Waals surface area contributed by atoms with Gasteiger partial charge in [0.15, 0.2) is 0 Å². The Bertz CT molecular complexity index is 681. The van der Waals surface area contributed by atoms with Gasteiger partial charge in [0.25, 0.3) is 0 Å². The van der Waals surface area contributed by atoms with E-state index < -0.39 is 0 Å². The van der Waals surface area contributed by atoms with Gasteiger partial charge in [0.1, 0.15) is 11.6 Å². The minimum absolute atomic E-state index is 0.376. The molecule has 0 saturated heterocycles. The van der Waals surface area contributed by atoms with Crippen molar-refractivity contribution in [2.45, 2.75) is 6.54 Å². The highest BCUT2D eigenvalue weighted by Gasteiger charge is 2.06. The van der Waals surface area contributed by atoms with Gasteiger partial charge in [0.2, 0.25) is 5.95 Å². The van der Waals surface area contributed by atoms with E-state index in [0.29, 0.717) is 12.5 Å². The molecule has 0 bridgehead atoms. The number of anilines is 2. The third-order valence-electron chi connectivity index (χ3n) is 2.74. The molecule has 0 saturated carbocycles. The van der Waals surface area contributed by atoms with Crippen molar-refractivity contribution in [3.05, 3.63) is 48.4 Å². The van der Waals surface area contributed by atoms with Gasteiger partial charge in [-0.1, -0.05) is 12.1 Å². The van der Waals surface area contributed by atoms with E-state index >= 15 is 0 Å². The zero-order valence-electron chi connectivity index (χ0n) is 10.1. The van der Waals surface area contributed by atoms with Crippen LogP contribution in [0.3, 0.4) is 0 Å². The molecule has 2 aromatic heterocycles. The molecule has 0 unspecified atom stereocenters. The smallest absolute Gasteiger partial charge is 0.239 e. The van der Waals surface area contributed by atoms with Crippen LogP contribution in [-0.4, -0.2) is 9.97 Å². The van der Waals surface area contributed by atoms with E-state index in [0.717, 1.165) is 22.5 Å². The van der Waals surface area contributed by atoms with Crippen LogP contribution in [0.4, 0.5) is 11.8 Å². The second kappa shape index (κ2) is 4.95. The van der Waals surface area contributed by atoms with Gasteiger partial charge >= 0.3 is 0 Å². The number of benzene rings is 1. The normalized spacial score (nSPS) is 10.6. The highest BCUT2D eigenvalue weighted by atomic mass is 16.3. The molecule has 3 rings (SSSR count). The summed E-state index contributed by atoms with van der Waals surface area (Å²) in [6.45, 7) is 0.554. The van der Waals surface area contributed by atoms with Crippen LogP contribution in [0.2, 0.25) is 0 Å². The number of aromatic nitrogens is 2. The van der Waals surface area contributed by atoms with Gasteiger partial charge in [-0.05, 0) is 24.3 Å². The lowest BCUT2D eigenvalue weighted by molar-refractivity contribution is 0.518. The number of nitrogens with zero attached hydrogens (tertiary/aromatic N) is 2. The first-order valence-corrected chi connectivity index (χ1v) is 5.86. The summed E-state index contributed by atoms with van der Waals surface area (Å²) < 4.78 is 5.28. The molecule has 6 nitrogen and oxygen atoms in total. The average Bonchev–Trinajstić information content (AvgIpc) is 2.97. The fourth-order valence-corrected chi connectivity index (χ4v) is 1.86. The summed E-state index contributed by atoms with van der Waals surface area (Å²) in [7, 11) is 0. The second-order valence-electron chi connectivity index (χ2n) is 3.99. The number of nitrogen functional groups attached to an aromatic ring is 1. The van der Waals surface area contributed by atoms with Gasteiger partial charge in [-0.25, -0.2) is 10.8 Å². The van der Waals surface area contributed by atoms with E-state index in [1.807, 2.05) is 36.4 Å². The molecule has 0 spiro atoms. The molecule has 0 amide bonds. The monoisotopic (exact) mass is 255 g/mol. The summed E-state index contributed by atoms with van der Waals surface area (Å²) in [6.07, 6.45) is 1.64. The van der Waals surface area contributed by atoms with Crippen LogP contribution >= 0.6 is 0 Å². The van der Waals surface area contributed by atoms with E-state index in [4.69, 9.17) is 10.3 Å². The minimum atomic E-state index is 0.376. The van der Waals surface area contributed by atoms with Gasteiger partial charge in [0, 0.05) is 5.39 Å². The first kappa shape index (κ1) is 11.5. The first-order valence-electron chi connectivity index (χ1n) is 5.86.